The summed E-state index contributed by atoms with van der Waals surface area (Å²) in [6.07, 6.45) is -1.10. The standard InChI is InChI=1S/C13H14ClNO7/c1-8-4-9(14)2-3-10(8)21-7-22-13(20)15(5-11(16)17)6-12(18)19/h2-4H,5-7H2,1H3,(H,16,17)(H,18,19). The average molecular weight is 332 g/mol. The van der Waals surface area contributed by atoms with E-state index in [1.54, 1.807) is 25.1 Å². The zero-order chi connectivity index (χ0) is 16.7. The highest BCUT2D eigenvalue weighted by Crippen LogP contribution is 2.21. The predicted octanol–water partition coefficient (Wildman–Crippen LogP) is 1.59. The third-order valence-corrected chi connectivity index (χ3v) is 2.68. The predicted molar refractivity (Wildman–Crippen MR) is 75.0 cm³/mol. The van der Waals surface area contributed by atoms with Gasteiger partial charge in [0.2, 0.25) is 6.79 Å². The second kappa shape index (κ2) is 8.08. The highest BCUT2D eigenvalue weighted by Gasteiger charge is 2.21. The Morgan fingerprint density at radius 1 is 1.18 bits per heavy atom. The van der Waals surface area contributed by atoms with E-state index in [2.05, 4.69) is 0 Å². The zero-order valence-corrected chi connectivity index (χ0v) is 12.4. The molecule has 0 aliphatic heterocycles. The molecule has 0 bridgehead atoms. The Morgan fingerprint density at radius 3 is 2.27 bits per heavy atom. The zero-order valence-electron chi connectivity index (χ0n) is 11.6. The van der Waals surface area contributed by atoms with Crippen LogP contribution in [0.3, 0.4) is 0 Å². The van der Waals surface area contributed by atoms with Gasteiger partial charge >= 0.3 is 18.0 Å². The first-order valence-corrected chi connectivity index (χ1v) is 6.41. The first kappa shape index (κ1) is 17.6. The molecule has 0 saturated heterocycles. The van der Waals surface area contributed by atoms with Gasteiger partial charge in [0.25, 0.3) is 0 Å². The van der Waals surface area contributed by atoms with Crippen molar-refractivity contribution in [1.29, 1.82) is 0 Å². The Bertz CT molecular complexity index is 560. The molecule has 1 amide bonds. The molecule has 0 fully saturated rings. The third kappa shape index (κ3) is 5.88. The van der Waals surface area contributed by atoms with Crippen LogP contribution in [0.4, 0.5) is 4.79 Å². The van der Waals surface area contributed by atoms with Crippen LogP contribution in [-0.2, 0) is 14.3 Å². The van der Waals surface area contributed by atoms with Crippen molar-refractivity contribution in [2.75, 3.05) is 19.9 Å². The van der Waals surface area contributed by atoms with Gasteiger partial charge in [-0.15, -0.1) is 0 Å². The lowest BCUT2D eigenvalue weighted by Crippen LogP contribution is -2.40. The number of aliphatic carboxylic acids is 2. The van der Waals surface area contributed by atoms with Gasteiger partial charge in [-0.05, 0) is 30.7 Å². The molecule has 9 heteroatoms. The Labute approximate surface area is 130 Å². The minimum Gasteiger partial charge on any atom is -0.480 e. The second-order valence-corrected chi connectivity index (χ2v) is 4.66. The minimum absolute atomic E-state index is 0.431. The highest BCUT2D eigenvalue weighted by molar-refractivity contribution is 6.30. The number of nitrogens with zero attached hydrogens (tertiary/aromatic N) is 1. The first-order chi connectivity index (χ1) is 10.3. The molecule has 2 N–H and O–H groups in total. The van der Waals surface area contributed by atoms with E-state index >= 15 is 0 Å². The summed E-state index contributed by atoms with van der Waals surface area (Å²) >= 11 is 5.78. The third-order valence-electron chi connectivity index (χ3n) is 2.44. The van der Waals surface area contributed by atoms with Crippen molar-refractivity contribution < 1.29 is 34.1 Å². The molecule has 1 aromatic rings. The Balaban J connectivity index is 2.55. The maximum absolute atomic E-state index is 11.6. The van der Waals surface area contributed by atoms with Crippen molar-refractivity contribution in [2.24, 2.45) is 0 Å². The van der Waals surface area contributed by atoms with Gasteiger partial charge < -0.3 is 19.7 Å². The van der Waals surface area contributed by atoms with Crippen LogP contribution in [0.15, 0.2) is 18.2 Å². The lowest BCUT2D eigenvalue weighted by Gasteiger charge is -2.18. The maximum Gasteiger partial charge on any atom is 0.413 e. The fraction of sp³-hybridized carbons (Fsp3) is 0.308. The molecule has 22 heavy (non-hydrogen) atoms. The molecule has 0 saturated carbocycles. The van der Waals surface area contributed by atoms with Crippen molar-refractivity contribution in [3.63, 3.8) is 0 Å². The number of hydrogen-bond acceptors (Lipinski definition) is 5. The smallest absolute Gasteiger partial charge is 0.413 e. The first-order valence-electron chi connectivity index (χ1n) is 6.04. The number of carbonyl (C=O) groups is 3. The number of carbonyl (C=O) groups excluding carboxylic acids is 1. The summed E-state index contributed by atoms with van der Waals surface area (Å²) in [6.45, 7) is -0.322. The molecule has 1 rings (SSSR count). The Hall–Kier alpha value is -2.48. The molecular weight excluding hydrogens is 318 g/mol. The maximum atomic E-state index is 11.6. The topological polar surface area (TPSA) is 113 Å². The fourth-order valence-electron chi connectivity index (χ4n) is 1.52. The molecule has 1 aromatic carbocycles. The number of carboxylic acid groups (broad SMARTS) is 2. The molecule has 8 nitrogen and oxygen atoms in total. The molecule has 0 unspecified atom stereocenters. The number of halogens is 1. The SMILES string of the molecule is Cc1cc(Cl)ccc1OCOC(=O)N(CC(=O)O)CC(=O)O. The summed E-state index contributed by atoms with van der Waals surface area (Å²) in [6, 6.07) is 4.82. The van der Waals surface area contributed by atoms with Gasteiger partial charge in [0.15, 0.2) is 0 Å². The van der Waals surface area contributed by atoms with E-state index in [1.165, 1.54) is 0 Å². The monoisotopic (exact) mass is 331 g/mol. The summed E-state index contributed by atoms with van der Waals surface area (Å²) in [5.74, 6) is -2.28. The molecule has 0 heterocycles. The van der Waals surface area contributed by atoms with E-state index in [1.807, 2.05) is 0 Å². The van der Waals surface area contributed by atoms with Gasteiger partial charge in [0.1, 0.15) is 18.8 Å². The average Bonchev–Trinajstić information content (AvgIpc) is 2.39. The van der Waals surface area contributed by atoms with Crippen LogP contribution >= 0.6 is 11.6 Å². The lowest BCUT2D eigenvalue weighted by molar-refractivity contribution is -0.141. The Kier molecular flexibility index (Phi) is 6.46. The van der Waals surface area contributed by atoms with Crippen molar-refractivity contribution in [1.82, 2.24) is 4.90 Å². The Morgan fingerprint density at radius 2 is 1.77 bits per heavy atom. The number of hydrogen-bond donors (Lipinski definition) is 2. The molecule has 120 valence electrons. The molecule has 0 aromatic heterocycles. The largest absolute Gasteiger partial charge is 0.480 e. The van der Waals surface area contributed by atoms with Gasteiger partial charge in [-0.2, -0.15) is 0 Å². The van der Waals surface area contributed by atoms with Gasteiger partial charge in [0, 0.05) is 5.02 Å². The molecule has 0 radical (unpaired) electrons. The van der Waals surface area contributed by atoms with Crippen LogP contribution in [0.1, 0.15) is 5.56 Å². The van der Waals surface area contributed by atoms with Gasteiger partial charge in [0.05, 0.1) is 0 Å². The van der Waals surface area contributed by atoms with Gasteiger partial charge in [-0.3, -0.25) is 14.5 Å². The number of aryl methyl sites for hydroxylation is 1. The summed E-state index contributed by atoms with van der Waals surface area (Å²) in [5, 5.41) is 17.8. The lowest BCUT2D eigenvalue weighted by atomic mass is 10.2. The van der Waals surface area contributed by atoms with Crippen LogP contribution in [0.2, 0.25) is 5.02 Å². The minimum atomic E-state index is -1.35. The number of ether oxygens (including phenoxy) is 2. The van der Waals surface area contributed by atoms with Crippen molar-refractivity contribution >= 4 is 29.6 Å². The quantitative estimate of drug-likeness (QED) is 0.729. The molecule has 0 atom stereocenters. The molecule has 0 aliphatic carbocycles. The van der Waals surface area contributed by atoms with E-state index in [4.69, 9.17) is 31.3 Å². The van der Waals surface area contributed by atoms with Crippen LogP contribution in [0.25, 0.3) is 0 Å². The van der Waals surface area contributed by atoms with E-state index in [0.717, 1.165) is 5.56 Å². The van der Waals surface area contributed by atoms with Crippen LogP contribution < -0.4 is 4.74 Å². The van der Waals surface area contributed by atoms with Crippen molar-refractivity contribution in [2.45, 2.75) is 6.92 Å². The normalized spacial score (nSPS) is 9.91. The molecule has 0 spiro atoms. The second-order valence-electron chi connectivity index (χ2n) is 4.23. The van der Waals surface area contributed by atoms with Crippen LogP contribution in [0, 0.1) is 6.92 Å². The number of amides is 1. The van der Waals surface area contributed by atoms with E-state index in [0.29, 0.717) is 15.7 Å². The fourth-order valence-corrected chi connectivity index (χ4v) is 1.75. The van der Waals surface area contributed by atoms with Gasteiger partial charge in [-0.1, -0.05) is 11.6 Å². The van der Waals surface area contributed by atoms with Crippen LogP contribution in [-0.4, -0.2) is 53.0 Å². The van der Waals surface area contributed by atoms with Crippen LogP contribution in [0.5, 0.6) is 5.75 Å². The molecular formula is C13H14ClNO7. The highest BCUT2D eigenvalue weighted by atomic mass is 35.5. The summed E-state index contributed by atoms with van der Waals surface area (Å²) in [7, 11) is 0. The van der Waals surface area contributed by atoms with E-state index < -0.39 is 37.9 Å². The summed E-state index contributed by atoms with van der Waals surface area (Å²) < 4.78 is 9.90. The van der Waals surface area contributed by atoms with Crippen molar-refractivity contribution in [3.05, 3.63) is 28.8 Å². The van der Waals surface area contributed by atoms with E-state index in [9.17, 15) is 14.4 Å². The molecule has 0 aliphatic rings. The van der Waals surface area contributed by atoms with E-state index in [-0.39, 0.29) is 0 Å². The summed E-state index contributed by atoms with van der Waals surface area (Å²) in [5.41, 5.74) is 0.719. The summed E-state index contributed by atoms with van der Waals surface area (Å²) in [4.78, 5) is 33.3. The van der Waals surface area contributed by atoms with Gasteiger partial charge in [-0.25, -0.2) is 4.79 Å². The number of benzene rings is 1. The van der Waals surface area contributed by atoms with Crippen molar-refractivity contribution in [3.8, 4) is 5.75 Å². The number of carboxylic acids is 2. The number of rotatable bonds is 7.